The van der Waals surface area contributed by atoms with E-state index in [1.165, 1.54) is 0 Å². The molecule has 0 aliphatic carbocycles. The van der Waals surface area contributed by atoms with E-state index in [1.54, 1.807) is 13.2 Å². The number of ether oxygens (including phenoxy) is 3. The van der Waals surface area contributed by atoms with E-state index in [0.717, 1.165) is 22.6 Å². The lowest BCUT2D eigenvalue weighted by molar-refractivity contribution is 0.292. The van der Waals surface area contributed by atoms with Gasteiger partial charge in [-0.3, -0.25) is 0 Å². The Balaban J connectivity index is 1.49. The van der Waals surface area contributed by atoms with Gasteiger partial charge in [0.1, 0.15) is 19.0 Å². The molecular formula is C19H19Cl2NO3. The van der Waals surface area contributed by atoms with Crippen molar-refractivity contribution in [2.45, 2.75) is 0 Å². The minimum absolute atomic E-state index is 0.509. The average Bonchev–Trinajstić information content (AvgIpc) is 2.61. The number of benzene rings is 2. The van der Waals surface area contributed by atoms with Crippen LogP contribution in [0, 0.1) is 0 Å². The second-order valence-electron chi connectivity index (χ2n) is 5.57. The summed E-state index contributed by atoms with van der Waals surface area (Å²) in [4.78, 5) is 0. The zero-order chi connectivity index (χ0) is 17.6. The van der Waals surface area contributed by atoms with Crippen LogP contribution in [0.1, 0.15) is 5.56 Å². The predicted octanol–water partition coefficient (Wildman–Crippen LogP) is 4.45. The fraction of sp³-hybridized carbons (Fsp3) is 0.263. The van der Waals surface area contributed by atoms with E-state index < -0.39 is 0 Å². The molecule has 2 aromatic carbocycles. The first-order valence-corrected chi connectivity index (χ1v) is 8.71. The van der Waals surface area contributed by atoms with Crippen LogP contribution in [0.5, 0.6) is 17.2 Å². The fourth-order valence-corrected chi connectivity index (χ4v) is 3.15. The van der Waals surface area contributed by atoms with Crippen molar-refractivity contribution in [2.24, 2.45) is 0 Å². The highest BCUT2D eigenvalue weighted by Gasteiger charge is 2.15. The van der Waals surface area contributed by atoms with Crippen molar-refractivity contribution in [1.29, 1.82) is 0 Å². The van der Waals surface area contributed by atoms with Crippen LogP contribution in [0.15, 0.2) is 42.0 Å². The number of nitrogens with one attached hydrogen (secondary N) is 1. The van der Waals surface area contributed by atoms with E-state index in [2.05, 4.69) is 11.4 Å². The van der Waals surface area contributed by atoms with Crippen molar-refractivity contribution < 1.29 is 14.2 Å². The van der Waals surface area contributed by atoms with Gasteiger partial charge < -0.3 is 19.5 Å². The molecule has 132 valence electrons. The second-order valence-corrected chi connectivity index (χ2v) is 6.42. The molecule has 1 aliphatic heterocycles. The van der Waals surface area contributed by atoms with Gasteiger partial charge in [0, 0.05) is 23.7 Å². The normalized spacial score (nSPS) is 12.8. The lowest BCUT2D eigenvalue weighted by Crippen LogP contribution is -2.26. The Morgan fingerprint density at radius 3 is 2.76 bits per heavy atom. The Kier molecular flexibility index (Phi) is 6.08. The molecule has 0 radical (unpaired) electrons. The first-order chi connectivity index (χ1) is 12.2. The van der Waals surface area contributed by atoms with Crippen molar-refractivity contribution in [3.8, 4) is 17.2 Å². The summed E-state index contributed by atoms with van der Waals surface area (Å²) in [5.41, 5.74) is 2.04. The summed E-state index contributed by atoms with van der Waals surface area (Å²) in [6, 6.07) is 11.1. The predicted molar refractivity (Wildman–Crippen MR) is 101 cm³/mol. The van der Waals surface area contributed by atoms with E-state index in [-0.39, 0.29) is 0 Å². The van der Waals surface area contributed by atoms with Crippen LogP contribution in [0.3, 0.4) is 0 Å². The van der Waals surface area contributed by atoms with E-state index in [0.29, 0.717) is 42.1 Å². The van der Waals surface area contributed by atoms with Gasteiger partial charge in [0.25, 0.3) is 0 Å². The highest BCUT2D eigenvalue weighted by atomic mass is 35.5. The summed E-state index contributed by atoms with van der Waals surface area (Å²) in [7, 11) is 1.63. The van der Waals surface area contributed by atoms with Crippen LogP contribution in [0.25, 0.3) is 6.08 Å². The standard InChI is InChI=1S/C19H19Cl2NO3/c1-23-17-4-2-3-5-18(17)24-7-6-22-11-13-8-14-9-15(20)10-16(21)19(14)25-12-13/h2-5,8-10,22H,6-7,11-12H2,1H3. The average molecular weight is 380 g/mol. The molecule has 1 heterocycles. The zero-order valence-corrected chi connectivity index (χ0v) is 15.4. The Morgan fingerprint density at radius 2 is 1.96 bits per heavy atom. The molecule has 0 saturated heterocycles. The third kappa shape index (κ3) is 4.60. The molecule has 0 amide bonds. The molecule has 0 spiro atoms. The highest BCUT2D eigenvalue weighted by molar-refractivity contribution is 6.36. The zero-order valence-electron chi connectivity index (χ0n) is 13.9. The smallest absolute Gasteiger partial charge is 0.161 e. The fourth-order valence-electron chi connectivity index (χ4n) is 2.59. The molecule has 2 aromatic rings. The van der Waals surface area contributed by atoms with Crippen LogP contribution in [-0.4, -0.2) is 33.4 Å². The van der Waals surface area contributed by atoms with Crippen LogP contribution in [-0.2, 0) is 0 Å². The van der Waals surface area contributed by atoms with Gasteiger partial charge in [-0.05, 0) is 35.9 Å². The third-order valence-electron chi connectivity index (χ3n) is 3.76. The van der Waals surface area contributed by atoms with Gasteiger partial charge in [0.15, 0.2) is 11.5 Å². The number of hydrogen-bond acceptors (Lipinski definition) is 4. The monoisotopic (exact) mass is 379 g/mol. The molecular weight excluding hydrogens is 361 g/mol. The quantitative estimate of drug-likeness (QED) is 0.721. The summed E-state index contributed by atoms with van der Waals surface area (Å²) in [5.74, 6) is 2.16. The molecule has 0 atom stereocenters. The van der Waals surface area contributed by atoms with Crippen molar-refractivity contribution >= 4 is 29.3 Å². The molecule has 3 rings (SSSR count). The van der Waals surface area contributed by atoms with Crippen molar-refractivity contribution in [1.82, 2.24) is 5.32 Å². The largest absolute Gasteiger partial charge is 0.493 e. The maximum atomic E-state index is 6.14. The van der Waals surface area contributed by atoms with Gasteiger partial charge in [-0.15, -0.1) is 0 Å². The van der Waals surface area contributed by atoms with Gasteiger partial charge in [-0.1, -0.05) is 35.3 Å². The Hall–Kier alpha value is -1.88. The number of para-hydroxylation sites is 2. The first-order valence-electron chi connectivity index (χ1n) is 7.95. The van der Waals surface area contributed by atoms with Crippen LogP contribution >= 0.6 is 23.2 Å². The summed E-state index contributed by atoms with van der Waals surface area (Å²) in [5, 5.41) is 4.48. The molecule has 0 unspecified atom stereocenters. The summed E-state index contributed by atoms with van der Waals surface area (Å²) >= 11 is 12.2. The van der Waals surface area contributed by atoms with Crippen LogP contribution in [0.4, 0.5) is 0 Å². The molecule has 0 saturated carbocycles. The minimum atomic E-state index is 0.509. The third-order valence-corrected chi connectivity index (χ3v) is 4.26. The molecule has 1 aliphatic rings. The number of hydrogen-bond donors (Lipinski definition) is 1. The van der Waals surface area contributed by atoms with Crippen LogP contribution < -0.4 is 19.5 Å². The SMILES string of the molecule is COc1ccccc1OCCNCC1=Cc2cc(Cl)cc(Cl)c2OC1. The van der Waals surface area contributed by atoms with E-state index in [9.17, 15) is 0 Å². The lowest BCUT2D eigenvalue weighted by Gasteiger charge is -2.20. The molecule has 4 nitrogen and oxygen atoms in total. The van der Waals surface area contributed by atoms with E-state index in [4.69, 9.17) is 37.4 Å². The maximum absolute atomic E-state index is 6.14. The van der Waals surface area contributed by atoms with Crippen molar-refractivity contribution in [3.05, 3.63) is 57.6 Å². The molecule has 6 heteroatoms. The second kappa shape index (κ2) is 8.48. The van der Waals surface area contributed by atoms with Gasteiger partial charge in [0.05, 0.1) is 12.1 Å². The van der Waals surface area contributed by atoms with E-state index >= 15 is 0 Å². The van der Waals surface area contributed by atoms with Gasteiger partial charge in [0.2, 0.25) is 0 Å². The van der Waals surface area contributed by atoms with Gasteiger partial charge >= 0.3 is 0 Å². The topological polar surface area (TPSA) is 39.7 Å². The highest BCUT2D eigenvalue weighted by Crippen LogP contribution is 2.36. The van der Waals surface area contributed by atoms with Gasteiger partial charge in [-0.2, -0.15) is 0 Å². The Bertz CT molecular complexity index is 777. The van der Waals surface area contributed by atoms with Crippen LogP contribution in [0.2, 0.25) is 10.0 Å². The summed E-state index contributed by atoms with van der Waals surface area (Å²) in [6.45, 7) is 2.47. The molecule has 0 aromatic heterocycles. The Morgan fingerprint density at radius 1 is 1.16 bits per heavy atom. The molecule has 25 heavy (non-hydrogen) atoms. The summed E-state index contributed by atoms with van der Waals surface area (Å²) in [6.07, 6.45) is 2.06. The maximum Gasteiger partial charge on any atom is 0.161 e. The first kappa shape index (κ1) is 17.9. The Labute approximate surface area is 157 Å². The van der Waals surface area contributed by atoms with Crippen molar-refractivity contribution in [3.63, 3.8) is 0 Å². The van der Waals surface area contributed by atoms with Gasteiger partial charge in [-0.25, -0.2) is 0 Å². The molecule has 0 bridgehead atoms. The number of rotatable bonds is 7. The number of methoxy groups -OCH3 is 1. The number of fused-ring (bicyclic) bond motifs is 1. The van der Waals surface area contributed by atoms with E-state index in [1.807, 2.05) is 30.3 Å². The lowest BCUT2D eigenvalue weighted by atomic mass is 10.1. The summed E-state index contributed by atoms with van der Waals surface area (Å²) < 4.78 is 16.7. The number of halogens is 2. The molecule has 1 N–H and O–H groups in total. The van der Waals surface area contributed by atoms with Crippen molar-refractivity contribution in [2.75, 3.05) is 33.4 Å². The minimum Gasteiger partial charge on any atom is -0.493 e. The molecule has 0 fully saturated rings.